The van der Waals surface area contributed by atoms with Crippen LogP contribution in [0.4, 0.5) is 0 Å². The number of nitriles is 1. The maximum Gasteiger partial charge on any atom is 0.174 e. The second kappa shape index (κ2) is 4.78. The molecule has 0 radical (unpaired) electrons. The van der Waals surface area contributed by atoms with Crippen molar-refractivity contribution in [3.05, 3.63) is 33.3 Å². The Morgan fingerprint density at radius 2 is 2.25 bits per heavy atom. The molecule has 0 unspecified atom stereocenters. The lowest BCUT2D eigenvalue weighted by Crippen LogP contribution is -2.01. The van der Waals surface area contributed by atoms with Crippen molar-refractivity contribution >= 4 is 29.3 Å². The lowest BCUT2D eigenvalue weighted by Gasteiger charge is -2.16. The van der Waals surface area contributed by atoms with Crippen LogP contribution in [0.3, 0.4) is 0 Å². The SMILES string of the molecule is N#CCOc1c(Cl)cc2c(c1Cl)CCC=C2. The Morgan fingerprint density at radius 3 is 3.00 bits per heavy atom. The molecule has 1 aromatic carbocycles. The molecule has 0 amide bonds. The number of halogens is 2. The minimum absolute atomic E-state index is 0.0476. The van der Waals surface area contributed by atoms with Gasteiger partial charge in [0.1, 0.15) is 6.07 Å². The third-order valence-electron chi connectivity index (χ3n) is 2.45. The fourth-order valence-electron chi connectivity index (χ4n) is 1.74. The Bertz CT molecular complexity index is 489. The Balaban J connectivity index is 2.47. The molecule has 0 saturated carbocycles. The molecule has 0 bridgehead atoms. The lowest BCUT2D eigenvalue weighted by molar-refractivity contribution is 0.368. The summed E-state index contributed by atoms with van der Waals surface area (Å²) in [4.78, 5) is 0. The monoisotopic (exact) mass is 253 g/mol. The molecule has 82 valence electrons. The van der Waals surface area contributed by atoms with Crippen LogP contribution in [0, 0.1) is 11.3 Å². The highest BCUT2D eigenvalue weighted by Crippen LogP contribution is 2.40. The van der Waals surface area contributed by atoms with Crippen LogP contribution in [-0.4, -0.2) is 6.61 Å². The van der Waals surface area contributed by atoms with Crippen LogP contribution >= 0.6 is 23.2 Å². The second-order valence-corrected chi connectivity index (χ2v) is 4.24. The predicted molar refractivity (Wildman–Crippen MR) is 64.9 cm³/mol. The first-order valence-electron chi connectivity index (χ1n) is 4.91. The topological polar surface area (TPSA) is 33.0 Å². The van der Waals surface area contributed by atoms with Gasteiger partial charge in [-0.2, -0.15) is 5.26 Å². The molecule has 16 heavy (non-hydrogen) atoms. The van der Waals surface area contributed by atoms with E-state index in [0.29, 0.717) is 15.8 Å². The number of rotatable bonds is 2. The van der Waals surface area contributed by atoms with E-state index in [1.54, 1.807) is 0 Å². The lowest BCUT2D eigenvalue weighted by atomic mass is 9.97. The van der Waals surface area contributed by atoms with E-state index in [-0.39, 0.29) is 6.61 Å². The molecule has 0 aromatic heterocycles. The van der Waals surface area contributed by atoms with Crippen LogP contribution in [0.15, 0.2) is 12.1 Å². The average molecular weight is 254 g/mol. The van der Waals surface area contributed by atoms with E-state index in [1.165, 1.54) is 0 Å². The number of hydrogen-bond donors (Lipinski definition) is 0. The molecule has 1 aromatic rings. The molecule has 1 aliphatic rings. The van der Waals surface area contributed by atoms with Crippen molar-refractivity contribution in [3.8, 4) is 11.8 Å². The maximum atomic E-state index is 8.48. The molecular formula is C12H9Cl2NO. The Hall–Kier alpha value is -1.17. The molecular weight excluding hydrogens is 245 g/mol. The first-order chi connectivity index (χ1) is 7.74. The second-order valence-electron chi connectivity index (χ2n) is 3.46. The molecule has 2 nitrogen and oxygen atoms in total. The quantitative estimate of drug-likeness (QED) is 0.802. The summed E-state index contributed by atoms with van der Waals surface area (Å²) in [5, 5.41) is 9.45. The summed E-state index contributed by atoms with van der Waals surface area (Å²) in [6, 6.07) is 3.72. The molecule has 4 heteroatoms. The van der Waals surface area contributed by atoms with Crippen LogP contribution in [0.2, 0.25) is 10.0 Å². The van der Waals surface area contributed by atoms with E-state index in [0.717, 1.165) is 24.0 Å². The van der Waals surface area contributed by atoms with Crippen molar-refractivity contribution in [1.82, 2.24) is 0 Å². The van der Waals surface area contributed by atoms with Crippen molar-refractivity contribution < 1.29 is 4.74 Å². The van der Waals surface area contributed by atoms with Gasteiger partial charge in [0.2, 0.25) is 0 Å². The summed E-state index contributed by atoms with van der Waals surface area (Å²) >= 11 is 12.3. The zero-order valence-corrected chi connectivity index (χ0v) is 9.98. The summed E-state index contributed by atoms with van der Waals surface area (Å²) in [6.45, 7) is -0.0476. The standard InChI is InChI=1S/C12H9Cl2NO/c13-10-7-8-3-1-2-4-9(8)11(14)12(10)16-6-5-15/h1,3,7H,2,4,6H2. The summed E-state index contributed by atoms with van der Waals surface area (Å²) in [5.74, 6) is 0.416. The van der Waals surface area contributed by atoms with Crippen LogP contribution in [0.1, 0.15) is 17.5 Å². The van der Waals surface area contributed by atoms with Gasteiger partial charge in [-0.05, 0) is 30.0 Å². The fraction of sp³-hybridized carbons (Fsp3) is 0.250. The normalized spacial score (nSPS) is 13.1. The molecule has 0 saturated heterocycles. The Morgan fingerprint density at radius 1 is 1.44 bits per heavy atom. The number of ether oxygens (including phenoxy) is 1. The first kappa shape index (κ1) is 11.3. The van der Waals surface area contributed by atoms with Crippen LogP contribution in [0.5, 0.6) is 5.75 Å². The van der Waals surface area contributed by atoms with Gasteiger partial charge in [0.05, 0.1) is 10.0 Å². The molecule has 0 fully saturated rings. The van der Waals surface area contributed by atoms with E-state index < -0.39 is 0 Å². The van der Waals surface area contributed by atoms with E-state index in [4.69, 9.17) is 33.2 Å². The van der Waals surface area contributed by atoms with E-state index in [1.807, 2.05) is 18.2 Å². The highest BCUT2D eigenvalue weighted by molar-refractivity contribution is 6.38. The number of nitrogens with zero attached hydrogens (tertiary/aromatic N) is 1. The van der Waals surface area contributed by atoms with Crippen molar-refractivity contribution in [2.24, 2.45) is 0 Å². The average Bonchev–Trinajstić information content (AvgIpc) is 2.29. The van der Waals surface area contributed by atoms with Gasteiger partial charge in [-0.3, -0.25) is 0 Å². The van der Waals surface area contributed by atoms with Crippen molar-refractivity contribution in [1.29, 1.82) is 5.26 Å². The molecule has 1 aliphatic carbocycles. The van der Waals surface area contributed by atoms with E-state index in [9.17, 15) is 0 Å². The molecule has 0 spiro atoms. The highest BCUT2D eigenvalue weighted by atomic mass is 35.5. The minimum atomic E-state index is -0.0476. The van der Waals surface area contributed by atoms with E-state index in [2.05, 4.69) is 6.08 Å². The Labute approximate surface area is 104 Å². The van der Waals surface area contributed by atoms with Gasteiger partial charge < -0.3 is 4.74 Å². The predicted octanol–water partition coefficient (Wildman–Crippen LogP) is 3.86. The van der Waals surface area contributed by atoms with Gasteiger partial charge in [0, 0.05) is 0 Å². The van der Waals surface area contributed by atoms with Gasteiger partial charge in [0.15, 0.2) is 12.4 Å². The zero-order chi connectivity index (χ0) is 11.5. The summed E-state index contributed by atoms with van der Waals surface area (Å²) in [6.07, 6.45) is 5.94. The maximum absolute atomic E-state index is 8.48. The van der Waals surface area contributed by atoms with E-state index >= 15 is 0 Å². The van der Waals surface area contributed by atoms with Crippen LogP contribution in [-0.2, 0) is 6.42 Å². The number of allylic oxidation sites excluding steroid dienone is 1. The molecule has 0 heterocycles. The van der Waals surface area contributed by atoms with Crippen LogP contribution in [0.25, 0.3) is 6.08 Å². The Kier molecular flexibility index (Phi) is 3.38. The molecule has 0 N–H and O–H groups in total. The molecule has 0 aliphatic heterocycles. The molecule has 2 rings (SSSR count). The van der Waals surface area contributed by atoms with Gasteiger partial charge in [0.25, 0.3) is 0 Å². The van der Waals surface area contributed by atoms with Gasteiger partial charge in [-0.1, -0.05) is 35.4 Å². The van der Waals surface area contributed by atoms with Gasteiger partial charge in [-0.15, -0.1) is 0 Å². The van der Waals surface area contributed by atoms with Crippen molar-refractivity contribution in [2.75, 3.05) is 6.61 Å². The smallest absolute Gasteiger partial charge is 0.174 e. The van der Waals surface area contributed by atoms with Gasteiger partial charge >= 0.3 is 0 Å². The zero-order valence-electron chi connectivity index (χ0n) is 8.46. The highest BCUT2D eigenvalue weighted by Gasteiger charge is 2.17. The van der Waals surface area contributed by atoms with Crippen molar-refractivity contribution in [3.63, 3.8) is 0 Å². The number of hydrogen-bond acceptors (Lipinski definition) is 2. The minimum Gasteiger partial charge on any atom is -0.476 e. The summed E-state index contributed by atoms with van der Waals surface area (Å²) in [7, 11) is 0. The number of fused-ring (bicyclic) bond motifs is 1. The third-order valence-corrected chi connectivity index (χ3v) is 3.13. The fourth-order valence-corrected chi connectivity index (χ4v) is 2.41. The number of benzene rings is 1. The van der Waals surface area contributed by atoms with Crippen molar-refractivity contribution in [2.45, 2.75) is 12.8 Å². The van der Waals surface area contributed by atoms with Gasteiger partial charge in [-0.25, -0.2) is 0 Å². The summed E-state index contributed by atoms with van der Waals surface area (Å²) < 4.78 is 5.23. The third kappa shape index (κ3) is 2.02. The summed E-state index contributed by atoms with van der Waals surface area (Å²) in [5.41, 5.74) is 2.08. The first-order valence-corrected chi connectivity index (χ1v) is 5.67. The molecule has 0 atom stereocenters. The van der Waals surface area contributed by atoms with Crippen LogP contribution < -0.4 is 4.74 Å². The largest absolute Gasteiger partial charge is 0.476 e.